The monoisotopic (exact) mass is 312 g/mol. The largest absolute Gasteiger partial charge is 0.481 e. The second-order valence-corrected chi connectivity index (χ2v) is 5.51. The topological polar surface area (TPSA) is 69.6 Å². The maximum Gasteiger partial charge on any atom is 0.307 e. The molecule has 0 saturated heterocycles. The average molecular weight is 313 g/mol. The van der Waals surface area contributed by atoms with Gasteiger partial charge in [0.25, 0.3) is 0 Å². The Morgan fingerprint density at radius 2 is 2.10 bits per heavy atom. The van der Waals surface area contributed by atoms with Crippen LogP contribution in [0.1, 0.15) is 19.4 Å². The first-order chi connectivity index (χ1) is 9.83. The third-order valence-electron chi connectivity index (χ3n) is 3.23. The molecule has 1 unspecified atom stereocenters. The van der Waals surface area contributed by atoms with Gasteiger partial charge >= 0.3 is 5.97 Å². The van der Waals surface area contributed by atoms with E-state index in [2.05, 4.69) is 5.32 Å². The van der Waals surface area contributed by atoms with Gasteiger partial charge in [-0.1, -0.05) is 25.4 Å². The van der Waals surface area contributed by atoms with Crippen molar-refractivity contribution >= 4 is 29.2 Å². The normalized spacial score (nSPS) is 12.2. The zero-order chi connectivity index (χ0) is 16.0. The molecule has 0 aliphatic heterocycles. The van der Waals surface area contributed by atoms with Crippen molar-refractivity contribution in [2.45, 2.75) is 20.8 Å². The smallest absolute Gasteiger partial charge is 0.307 e. The van der Waals surface area contributed by atoms with Gasteiger partial charge in [0.1, 0.15) is 0 Å². The maximum atomic E-state index is 12.0. The number of aryl methyl sites for hydroxylation is 1. The summed E-state index contributed by atoms with van der Waals surface area (Å²) in [6.45, 7) is 6.52. The molecule has 0 spiro atoms. The number of hydrogen-bond donors (Lipinski definition) is 2. The fourth-order valence-corrected chi connectivity index (χ4v) is 2.16. The van der Waals surface area contributed by atoms with Crippen molar-refractivity contribution in [1.82, 2.24) is 4.90 Å². The Labute approximate surface area is 129 Å². The number of nitrogens with one attached hydrogen (secondary N) is 1. The highest BCUT2D eigenvalue weighted by atomic mass is 35.5. The minimum Gasteiger partial charge on any atom is -0.481 e. The molecule has 0 aliphatic rings. The summed E-state index contributed by atoms with van der Waals surface area (Å²) >= 11 is 5.87. The quantitative estimate of drug-likeness (QED) is 0.812. The highest BCUT2D eigenvalue weighted by Crippen LogP contribution is 2.19. The van der Waals surface area contributed by atoms with Crippen molar-refractivity contribution in [1.29, 1.82) is 0 Å². The Morgan fingerprint density at radius 1 is 1.43 bits per heavy atom. The van der Waals surface area contributed by atoms with Crippen molar-refractivity contribution in [3.63, 3.8) is 0 Å². The Balaban J connectivity index is 2.60. The number of nitrogens with zero attached hydrogens (tertiary/aromatic N) is 1. The molecular formula is C15H21ClN2O3. The van der Waals surface area contributed by atoms with E-state index in [4.69, 9.17) is 16.7 Å². The predicted molar refractivity (Wildman–Crippen MR) is 83.7 cm³/mol. The molecule has 116 valence electrons. The number of carboxylic acid groups (broad SMARTS) is 1. The van der Waals surface area contributed by atoms with E-state index in [1.165, 1.54) is 0 Å². The minimum absolute atomic E-state index is 0.163. The number of halogens is 1. The SMILES string of the molecule is CCN(CC(=O)Nc1ccc(Cl)cc1C)CC(C)C(=O)O. The zero-order valence-corrected chi connectivity index (χ0v) is 13.3. The summed E-state index contributed by atoms with van der Waals surface area (Å²) in [5.41, 5.74) is 1.60. The van der Waals surface area contributed by atoms with Crippen molar-refractivity contribution in [3.8, 4) is 0 Å². The van der Waals surface area contributed by atoms with Gasteiger partial charge in [-0.25, -0.2) is 0 Å². The molecule has 2 N–H and O–H groups in total. The molecule has 1 atom stereocenters. The summed E-state index contributed by atoms with van der Waals surface area (Å²) in [7, 11) is 0. The van der Waals surface area contributed by atoms with Gasteiger partial charge in [0.15, 0.2) is 0 Å². The highest BCUT2D eigenvalue weighted by Gasteiger charge is 2.17. The Morgan fingerprint density at radius 3 is 2.62 bits per heavy atom. The molecule has 1 amide bonds. The van der Waals surface area contributed by atoms with Crippen LogP contribution in [0.25, 0.3) is 0 Å². The van der Waals surface area contributed by atoms with Crippen molar-refractivity contribution < 1.29 is 14.7 Å². The summed E-state index contributed by atoms with van der Waals surface area (Å²) in [4.78, 5) is 24.7. The molecule has 1 aromatic carbocycles. The number of carbonyl (C=O) groups excluding carboxylic acids is 1. The summed E-state index contributed by atoms with van der Waals surface area (Å²) in [6, 6.07) is 5.25. The molecule has 5 nitrogen and oxygen atoms in total. The number of likely N-dealkylation sites (N-methyl/N-ethyl adjacent to an activating group) is 1. The van der Waals surface area contributed by atoms with Crippen LogP contribution in [0.4, 0.5) is 5.69 Å². The second kappa shape index (κ2) is 8.00. The number of rotatable bonds is 7. The van der Waals surface area contributed by atoms with Gasteiger partial charge in [0.05, 0.1) is 12.5 Å². The minimum atomic E-state index is -0.859. The molecule has 0 aromatic heterocycles. The van der Waals surface area contributed by atoms with Crippen LogP contribution in [0.15, 0.2) is 18.2 Å². The lowest BCUT2D eigenvalue weighted by atomic mass is 10.1. The Hall–Kier alpha value is -1.59. The molecule has 1 aromatic rings. The molecule has 6 heteroatoms. The summed E-state index contributed by atoms with van der Waals surface area (Å²) in [5.74, 6) is -1.53. The molecule has 0 aliphatic carbocycles. The number of carboxylic acids is 1. The molecule has 0 saturated carbocycles. The number of hydrogen-bond acceptors (Lipinski definition) is 3. The third-order valence-corrected chi connectivity index (χ3v) is 3.47. The molecule has 0 radical (unpaired) electrons. The van der Waals surface area contributed by atoms with E-state index >= 15 is 0 Å². The number of aliphatic carboxylic acids is 1. The van der Waals surface area contributed by atoms with E-state index in [0.717, 1.165) is 5.56 Å². The average Bonchev–Trinajstić information content (AvgIpc) is 2.40. The van der Waals surface area contributed by atoms with Gasteiger partial charge in [-0.05, 0) is 37.2 Å². The van der Waals surface area contributed by atoms with E-state index in [-0.39, 0.29) is 12.5 Å². The van der Waals surface area contributed by atoms with Crippen LogP contribution >= 0.6 is 11.6 Å². The van der Waals surface area contributed by atoms with E-state index in [0.29, 0.717) is 23.8 Å². The van der Waals surface area contributed by atoms with Gasteiger partial charge in [-0.3, -0.25) is 14.5 Å². The number of anilines is 1. The number of amides is 1. The van der Waals surface area contributed by atoms with Gasteiger partial charge in [0.2, 0.25) is 5.91 Å². The fourth-order valence-electron chi connectivity index (χ4n) is 1.93. The van der Waals surface area contributed by atoms with Crippen molar-refractivity contribution in [2.24, 2.45) is 5.92 Å². The lowest BCUT2D eigenvalue weighted by Gasteiger charge is -2.22. The van der Waals surface area contributed by atoms with Gasteiger partial charge < -0.3 is 10.4 Å². The molecule has 0 fully saturated rings. The third kappa shape index (κ3) is 5.73. The standard InChI is InChI=1S/C15H21ClN2O3/c1-4-18(8-11(3)15(20)21)9-14(19)17-13-6-5-12(16)7-10(13)2/h5-7,11H,4,8-9H2,1-3H3,(H,17,19)(H,20,21). The van der Waals surface area contributed by atoms with E-state index in [1.807, 2.05) is 13.8 Å². The molecule has 0 heterocycles. The summed E-state index contributed by atoms with van der Waals surface area (Å²) in [5, 5.41) is 12.4. The lowest BCUT2D eigenvalue weighted by molar-refractivity contribution is -0.142. The van der Waals surface area contributed by atoms with Crippen LogP contribution < -0.4 is 5.32 Å². The van der Waals surface area contributed by atoms with Crippen LogP contribution in [-0.4, -0.2) is 41.5 Å². The van der Waals surface area contributed by atoms with Crippen molar-refractivity contribution in [3.05, 3.63) is 28.8 Å². The molecule has 1 rings (SSSR count). The first-order valence-corrected chi connectivity index (χ1v) is 7.22. The van der Waals surface area contributed by atoms with Crippen LogP contribution in [-0.2, 0) is 9.59 Å². The van der Waals surface area contributed by atoms with E-state index in [1.54, 1.807) is 30.0 Å². The number of carbonyl (C=O) groups is 2. The number of benzene rings is 1. The van der Waals surface area contributed by atoms with Crippen LogP contribution in [0, 0.1) is 12.8 Å². The zero-order valence-electron chi connectivity index (χ0n) is 12.5. The molecule has 0 bridgehead atoms. The Kier molecular flexibility index (Phi) is 6.65. The van der Waals surface area contributed by atoms with Gasteiger partial charge in [0, 0.05) is 17.3 Å². The Bertz CT molecular complexity index is 520. The fraction of sp³-hybridized carbons (Fsp3) is 0.467. The lowest BCUT2D eigenvalue weighted by Crippen LogP contribution is -2.37. The van der Waals surface area contributed by atoms with Gasteiger partial charge in [-0.15, -0.1) is 0 Å². The second-order valence-electron chi connectivity index (χ2n) is 5.07. The first kappa shape index (κ1) is 17.5. The van der Waals surface area contributed by atoms with Gasteiger partial charge in [-0.2, -0.15) is 0 Å². The molecule has 21 heavy (non-hydrogen) atoms. The summed E-state index contributed by atoms with van der Waals surface area (Å²) in [6.07, 6.45) is 0. The van der Waals surface area contributed by atoms with E-state index in [9.17, 15) is 9.59 Å². The highest BCUT2D eigenvalue weighted by molar-refractivity contribution is 6.30. The summed E-state index contributed by atoms with van der Waals surface area (Å²) < 4.78 is 0. The van der Waals surface area contributed by atoms with Crippen molar-refractivity contribution in [2.75, 3.05) is 25.0 Å². The van der Waals surface area contributed by atoms with Crippen LogP contribution in [0.5, 0.6) is 0 Å². The molecular weight excluding hydrogens is 292 g/mol. The van der Waals surface area contributed by atoms with Crippen LogP contribution in [0.3, 0.4) is 0 Å². The van der Waals surface area contributed by atoms with E-state index < -0.39 is 11.9 Å². The maximum absolute atomic E-state index is 12.0. The first-order valence-electron chi connectivity index (χ1n) is 6.84. The van der Waals surface area contributed by atoms with Crippen LogP contribution in [0.2, 0.25) is 5.02 Å². The predicted octanol–water partition coefficient (Wildman–Crippen LogP) is 2.63.